The molecule has 24 heavy (non-hydrogen) atoms. The number of H-pyrrole nitrogens is 1. The standard InChI is InChI=1S/C15H20N2O7/c1-4-22-12(19)11-15(3,13(20)23-5-2)8-10(24-11)17-7-6-9(18)16-14(17)21/h6-7,10-11H,4-5,8H2,1-3H3,(H,16,18,21)/t10-,11-,15?/m0/s1. The molecule has 1 unspecified atom stereocenters. The fourth-order valence-electron chi connectivity index (χ4n) is 2.66. The lowest BCUT2D eigenvalue weighted by atomic mass is 9.82. The lowest BCUT2D eigenvalue weighted by molar-refractivity contribution is -0.172. The molecule has 1 aliphatic heterocycles. The van der Waals surface area contributed by atoms with Crippen LogP contribution in [0.2, 0.25) is 0 Å². The van der Waals surface area contributed by atoms with E-state index in [0.29, 0.717) is 0 Å². The van der Waals surface area contributed by atoms with E-state index >= 15 is 0 Å². The van der Waals surface area contributed by atoms with E-state index in [9.17, 15) is 19.2 Å². The van der Waals surface area contributed by atoms with Crippen molar-refractivity contribution < 1.29 is 23.8 Å². The molecule has 1 aromatic rings. The Morgan fingerprint density at radius 3 is 2.58 bits per heavy atom. The molecular formula is C15H20N2O7. The van der Waals surface area contributed by atoms with Crippen LogP contribution in [0.1, 0.15) is 33.4 Å². The van der Waals surface area contributed by atoms with Crippen molar-refractivity contribution in [3.05, 3.63) is 33.1 Å². The van der Waals surface area contributed by atoms with E-state index in [1.807, 2.05) is 0 Å². The third kappa shape index (κ3) is 3.25. The number of rotatable bonds is 5. The highest BCUT2D eigenvalue weighted by molar-refractivity contribution is 5.87. The Morgan fingerprint density at radius 1 is 1.33 bits per heavy atom. The van der Waals surface area contributed by atoms with Crippen LogP contribution in [0.4, 0.5) is 0 Å². The quantitative estimate of drug-likeness (QED) is 0.747. The molecule has 3 atom stereocenters. The van der Waals surface area contributed by atoms with Crippen LogP contribution in [0.5, 0.6) is 0 Å². The topological polar surface area (TPSA) is 117 Å². The highest BCUT2D eigenvalue weighted by Crippen LogP contribution is 2.44. The monoisotopic (exact) mass is 340 g/mol. The fourth-order valence-corrected chi connectivity index (χ4v) is 2.66. The third-order valence-electron chi connectivity index (χ3n) is 3.87. The van der Waals surface area contributed by atoms with Crippen molar-refractivity contribution in [3.8, 4) is 0 Å². The molecule has 1 fully saturated rings. The summed E-state index contributed by atoms with van der Waals surface area (Å²) in [6.45, 7) is 5.09. The molecule has 1 saturated heterocycles. The van der Waals surface area contributed by atoms with Gasteiger partial charge in [-0.2, -0.15) is 0 Å². The highest BCUT2D eigenvalue weighted by Gasteiger charge is 2.56. The van der Waals surface area contributed by atoms with E-state index in [4.69, 9.17) is 14.2 Å². The molecule has 1 aromatic heterocycles. The zero-order chi connectivity index (χ0) is 17.9. The molecule has 1 aliphatic rings. The average molecular weight is 340 g/mol. The smallest absolute Gasteiger partial charge is 0.336 e. The normalized spacial score (nSPS) is 26.1. The van der Waals surface area contributed by atoms with Gasteiger partial charge in [0.05, 0.1) is 13.2 Å². The molecule has 2 rings (SSSR count). The van der Waals surface area contributed by atoms with Crippen LogP contribution in [0.3, 0.4) is 0 Å². The second-order valence-electron chi connectivity index (χ2n) is 5.58. The van der Waals surface area contributed by atoms with Crippen LogP contribution in [0, 0.1) is 5.41 Å². The first-order valence-corrected chi connectivity index (χ1v) is 7.64. The molecule has 1 N–H and O–H groups in total. The minimum Gasteiger partial charge on any atom is -0.465 e. The fraction of sp³-hybridized carbons (Fsp3) is 0.600. The van der Waals surface area contributed by atoms with Gasteiger partial charge in [0.15, 0.2) is 6.10 Å². The maximum Gasteiger partial charge on any atom is 0.336 e. The Balaban J connectivity index is 2.38. The number of nitrogens with zero attached hydrogens (tertiary/aromatic N) is 1. The molecular weight excluding hydrogens is 320 g/mol. The van der Waals surface area contributed by atoms with E-state index in [1.165, 1.54) is 13.1 Å². The van der Waals surface area contributed by atoms with Gasteiger partial charge in [-0.3, -0.25) is 19.1 Å². The first-order chi connectivity index (χ1) is 11.3. The molecule has 132 valence electrons. The van der Waals surface area contributed by atoms with Gasteiger partial charge in [-0.05, 0) is 20.8 Å². The first kappa shape index (κ1) is 17.9. The average Bonchev–Trinajstić information content (AvgIpc) is 2.87. The Kier molecular flexibility index (Phi) is 5.23. The molecule has 2 heterocycles. The van der Waals surface area contributed by atoms with Crippen LogP contribution >= 0.6 is 0 Å². The third-order valence-corrected chi connectivity index (χ3v) is 3.87. The Bertz CT molecular complexity index is 738. The molecule has 0 amide bonds. The second-order valence-corrected chi connectivity index (χ2v) is 5.58. The predicted molar refractivity (Wildman–Crippen MR) is 81.2 cm³/mol. The van der Waals surface area contributed by atoms with Crippen molar-refractivity contribution in [2.24, 2.45) is 5.41 Å². The van der Waals surface area contributed by atoms with Gasteiger partial charge in [0.2, 0.25) is 0 Å². The zero-order valence-corrected chi connectivity index (χ0v) is 13.7. The van der Waals surface area contributed by atoms with Gasteiger partial charge in [-0.25, -0.2) is 9.59 Å². The van der Waals surface area contributed by atoms with E-state index in [1.54, 1.807) is 13.8 Å². The largest absolute Gasteiger partial charge is 0.465 e. The number of carbonyl (C=O) groups excluding carboxylic acids is 2. The summed E-state index contributed by atoms with van der Waals surface area (Å²) in [5.74, 6) is -1.31. The van der Waals surface area contributed by atoms with Gasteiger partial charge in [-0.15, -0.1) is 0 Å². The summed E-state index contributed by atoms with van der Waals surface area (Å²) in [7, 11) is 0. The SMILES string of the molecule is CCOC(=O)[C@@H]1O[C@H](n2ccc(=O)[nH]c2=O)CC1(C)C(=O)OCC. The summed E-state index contributed by atoms with van der Waals surface area (Å²) in [5.41, 5.74) is -2.55. The first-order valence-electron chi connectivity index (χ1n) is 7.64. The summed E-state index contributed by atoms with van der Waals surface area (Å²) < 4.78 is 16.8. The van der Waals surface area contributed by atoms with Crippen molar-refractivity contribution in [1.29, 1.82) is 0 Å². The number of aromatic amines is 1. The van der Waals surface area contributed by atoms with Crippen LogP contribution in [-0.4, -0.2) is 40.8 Å². The van der Waals surface area contributed by atoms with Crippen molar-refractivity contribution >= 4 is 11.9 Å². The molecule has 9 nitrogen and oxygen atoms in total. The molecule has 0 radical (unpaired) electrons. The van der Waals surface area contributed by atoms with Gasteiger partial charge in [-0.1, -0.05) is 0 Å². The lowest BCUT2D eigenvalue weighted by Crippen LogP contribution is -2.43. The zero-order valence-electron chi connectivity index (χ0n) is 13.7. The number of ether oxygens (including phenoxy) is 3. The summed E-state index contributed by atoms with van der Waals surface area (Å²) in [6, 6.07) is 1.16. The van der Waals surface area contributed by atoms with E-state index in [-0.39, 0.29) is 19.6 Å². The molecule has 0 saturated carbocycles. The van der Waals surface area contributed by atoms with Gasteiger partial charge in [0.1, 0.15) is 11.6 Å². The molecule has 9 heteroatoms. The Labute approximate surface area is 137 Å². The lowest BCUT2D eigenvalue weighted by Gasteiger charge is -2.25. The van der Waals surface area contributed by atoms with E-state index in [2.05, 4.69) is 4.98 Å². The van der Waals surface area contributed by atoms with Gasteiger partial charge in [0.25, 0.3) is 5.56 Å². The highest BCUT2D eigenvalue weighted by atomic mass is 16.6. The van der Waals surface area contributed by atoms with Crippen molar-refractivity contribution in [1.82, 2.24) is 9.55 Å². The predicted octanol–water partition coefficient (Wildman–Crippen LogP) is -0.0434. The minimum absolute atomic E-state index is 0.0290. The second kappa shape index (κ2) is 7.00. The number of hydrogen-bond acceptors (Lipinski definition) is 7. The molecule has 0 aromatic carbocycles. The van der Waals surface area contributed by atoms with E-state index < -0.39 is 40.9 Å². The van der Waals surface area contributed by atoms with Crippen molar-refractivity contribution in [2.45, 2.75) is 39.5 Å². The Hall–Kier alpha value is -2.42. The summed E-state index contributed by atoms with van der Waals surface area (Å²) in [6.07, 6.45) is -0.829. The van der Waals surface area contributed by atoms with Crippen molar-refractivity contribution in [3.63, 3.8) is 0 Å². The van der Waals surface area contributed by atoms with Crippen LogP contribution in [0.25, 0.3) is 0 Å². The van der Waals surface area contributed by atoms with Crippen LogP contribution < -0.4 is 11.2 Å². The number of carbonyl (C=O) groups is 2. The van der Waals surface area contributed by atoms with Crippen LogP contribution in [0.15, 0.2) is 21.9 Å². The van der Waals surface area contributed by atoms with Crippen molar-refractivity contribution in [2.75, 3.05) is 13.2 Å². The number of esters is 2. The Morgan fingerprint density at radius 2 is 2.00 bits per heavy atom. The number of hydrogen-bond donors (Lipinski definition) is 1. The van der Waals surface area contributed by atoms with Crippen LogP contribution in [-0.2, 0) is 23.8 Å². The maximum absolute atomic E-state index is 12.3. The number of nitrogens with one attached hydrogen (secondary N) is 1. The molecule has 0 bridgehead atoms. The van der Waals surface area contributed by atoms with Gasteiger partial charge >= 0.3 is 17.6 Å². The van der Waals surface area contributed by atoms with Gasteiger partial charge < -0.3 is 14.2 Å². The minimum atomic E-state index is -1.30. The maximum atomic E-state index is 12.3. The summed E-state index contributed by atoms with van der Waals surface area (Å²) in [5, 5.41) is 0. The van der Waals surface area contributed by atoms with Gasteiger partial charge in [0, 0.05) is 18.7 Å². The molecule has 0 spiro atoms. The molecule has 0 aliphatic carbocycles. The van der Waals surface area contributed by atoms with E-state index in [0.717, 1.165) is 10.6 Å². The summed E-state index contributed by atoms with van der Waals surface area (Å²) in [4.78, 5) is 49.7. The summed E-state index contributed by atoms with van der Waals surface area (Å²) >= 11 is 0. The number of aromatic nitrogens is 2.